The Morgan fingerprint density at radius 2 is 1.54 bits per heavy atom. The lowest BCUT2D eigenvalue weighted by atomic mass is 10.0. The third-order valence-corrected chi connectivity index (χ3v) is 3.84. The van der Waals surface area contributed by atoms with Gasteiger partial charge in [-0.05, 0) is 41.5 Å². The van der Waals surface area contributed by atoms with E-state index in [-0.39, 0.29) is 5.91 Å². The predicted octanol–water partition coefficient (Wildman–Crippen LogP) is 4.99. The number of benzene rings is 2. The van der Waals surface area contributed by atoms with E-state index in [1.807, 2.05) is 54.6 Å². The van der Waals surface area contributed by atoms with Gasteiger partial charge in [0.15, 0.2) is 0 Å². The molecule has 0 atom stereocenters. The molecule has 0 radical (unpaired) electrons. The molecule has 24 heavy (non-hydrogen) atoms. The van der Waals surface area contributed by atoms with Crippen molar-refractivity contribution in [3.8, 4) is 0 Å². The lowest BCUT2D eigenvalue weighted by Crippen LogP contribution is -2.20. The number of carbonyl (C=O) groups excluding carboxylic acids is 1. The number of nitrogens with zero attached hydrogens (tertiary/aromatic N) is 1. The number of nitrogens with one attached hydrogen (secondary N) is 1. The normalized spacial score (nSPS) is 11.8. The molecule has 3 nitrogen and oxygen atoms in total. The van der Waals surface area contributed by atoms with Crippen LogP contribution < -0.4 is 5.43 Å². The largest absolute Gasteiger partial charge is 0.271 e. The monoisotopic (exact) mass is 322 g/mol. The van der Waals surface area contributed by atoms with Crippen molar-refractivity contribution in [2.24, 2.45) is 11.0 Å². The highest BCUT2D eigenvalue weighted by molar-refractivity contribution is 6.02. The highest BCUT2D eigenvalue weighted by Gasteiger charge is 2.09. The molecule has 2 rings (SSSR count). The van der Waals surface area contributed by atoms with E-state index in [4.69, 9.17) is 0 Å². The Kier molecular flexibility index (Phi) is 6.30. The van der Waals surface area contributed by atoms with Crippen molar-refractivity contribution < 1.29 is 4.79 Å². The minimum Gasteiger partial charge on any atom is -0.267 e. The van der Waals surface area contributed by atoms with Crippen LogP contribution in [0.5, 0.6) is 0 Å². The molecule has 0 unspecified atom stereocenters. The van der Waals surface area contributed by atoms with Crippen LogP contribution in [-0.4, -0.2) is 11.6 Å². The minimum atomic E-state index is -0.178. The first-order valence-electron chi connectivity index (χ1n) is 8.49. The Hall–Kier alpha value is -2.42. The summed E-state index contributed by atoms with van der Waals surface area (Å²) in [6.45, 7) is 8.56. The Morgan fingerprint density at radius 1 is 0.917 bits per heavy atom. The van der Waals surface area contributed by atoms with Gasteiger partial charge in [-0.3, -0.25) is 4.79 Å². The molecule has 2 aromatic carbocycles. The topological polar surface area (TPSA) is 41.5 Å². The second-order valence-corrected chi connectivity index (χ2v) is 6.74. The van der Waals surface area contributed by atoms with Crippen LogP contribution in [-0.2, 0) is 0 Å². The molecule has 0 bridgehead atoms. The summed E-state index contributed by atoms with van der Waals surface area (Å²) in [6.07, 6.45) is 0.816. The highest BCUT2D eigenvalue weighted by Crippen LogP contribution is 2.15. The van der Waals surface area contributed by atoms with E-state index in [2.05, 4.69) is 38.2 Å². The number of carbonyl (C=O) groups is 1. The summed E-state index contributed by atoms with van der Waals surface area (Å²) in [4.78, 5) is 12.3. The van der Waals surface area contributed by atoms with Crippen molar-refractivity contribution in [2.45, 2.75) is 40.0 Å². The van der Waals surface area contributed by atoms with E-state index < -0.39 is 0 Å². The van der Waals surface area contributed by atoms with Gasteiger partial charge in [-0.2, -0.15) is 5.10 Å². The molecule has 0 saturated carbocycles. The van der Waals surface area contributed by atoms with E-state index in [1.54, 1.807) is 0 Å². The average molecular weight is 322 g/mol. The third kappa shape index (κ3) is 5.05. The van der Waals surface area contributed by atoms with Crippen LogP contribution in [0, 0.1) is 5.92 Å². The first-order chi connectivity index (χ1) is 11.5. The predicted molar refractivity (Wildman–Crippen MR) is 100 cm³/mol. The van der Waals surface area contributed by atoms with Gasteiger partial charge in [-0.15, -0.1) is 0 Å². The zero-order chi connectivity index (χ0) is 17.5. The number of hydrogen-bond donors (Lipinski definition) is 1. The van der Waals surface area contributed by atoms with E-state index in [0.717, 1.165) is 17.7 Å². The molecule has 1 N–H and O–H groups in total. The molecule has 1 amide bonds. The van der Waals surface area contributed by atoms with Gasteiger partial charge in [0.2, 0.25) is 0 Å². The van der Waals surface area contributed by atoms with Crippen LogP contribution in [0.25, 0.3) is 0 Å². The van der Waals surface area contributed by atoms with Gasteiger partial charge in [0, 0.05) is 5.56 Å². The Balaban J connectivity index is 2.14. The number of hydrogen-bond acceptors (Lipinski definition) is 2. The fraction of sp³-hybridized carbons (Fsp3) is 0.333. The lowest BCUT2D eigenvalue weighted by Gasteiger charge is -2.10. The van der Waals surface area contributed by atoms with Gasteiger partial charge in [0.25, 0.3) is 5.91 Å². The second-order valence-electron chi connectivity index (χ2n) is 6.74. The first-order valence-corrected chi connectivity index (χ1v) is 8.49. The second kappa shape index (κ2) is 8.44. The van der Waals surface area contributed by atoms with Crippen molar-refractivity contribution in [1.29, 1.82) is 0 Å². The summed E-state index contributed by atoms with van der Waals surface area (Å²) in [6, 6.07) is 17.7. The van der Waals surface area contributed by atoms with Crippen molar-refractivity contribution in [2.75, 3.05) is 0 Å². The maximum atomic E-state index is 12.3. The van der Waals surface area contributed by atoms with E-state index in [9.17, 15) is 4.79 Å². The van der Waals surface area contributed by atoms with Gasteiger partial charge >= 0.3 is 0 Å². The van der Waals surface area contributed by atoms with Gasteiger partial charge in [0.1, 0.15) is 0 Å². The fourth-order valence-corrected chi connectivity index (χ4v) is 2.45. The fourth-order valence-electron chi connectivity index (χ4n) is 2.45. The summed E-state index contributed by atoms with van der Waals surface area (Å²) in [7, 11) is 0. The van der Waals surface area contributed by atoms with Crippen LogP contribution >= 0.6 is 0 Å². The number of amides is 1. The van der Waals surface area contributed by atoms with Crippen molar-refractivity contribution in [3.05, 3.63) is 71.3 Å². The molecule has 3 heteroatoms. The van der Waals surface area contributed by atoms with E-state index in [1.165, 1.54) is 5.56 Å². The summed E-state index contributed by atoms with van der Waals surface area (Å²) < 4.78 is 0. The number of rotatable bonds is 6. The van der Waals surface area contributed by atoms with Crippen LogP contribution in [0.15, 0.2) is 59.7 Å². The maximum Gasteiger partial charge on any atom is 0.271 e. The van der Waals surface area contributed by atoms with Gasteiger partial charge < -0.3 is 0 Å². The molecule has 0 aromatic heterocycles. The maximum absolute atomic E-state index is 12.3. The highest BCUT2D eigenvalue weighted by atomic mass is 16.2. The summed E-state index contributed by atoms with van der Waals surface area (Å²) in [5, 5.41) is 4.39. The lowest BCUT2D eigenvalue weighted by molar-refractivity contribution is 0.0954. The molecule has 0 aliphatic carbocycles. The molecule has 2 aromatic rings. The van der Waals surface area contributed by atoms with Gasteiger partial charge in [0.05, 0.1) is 5.71 Å². The van der Waals surface area contributed by atoms with Crippen LogP contribution in [0.4, 0.5) is 0 Å². The summed E-state index contributed by atoms with van der Waals surface area (Å²) in [5.74, 6) is 0.740. The molecule has 0 aliphatic heterocycles. The Labute approximate surface area is 144 Å². The van der Waals surface area contributed by atoms with Crippen LogP contribution in [0.2, 0.25) is 0 Å². The number of hydrazone groups is 1. The quantitative estimate of drug-likeness (QED) is 0.591. The van der Waals surface area contributed by atoms with Crippen LogP contribution in [0.1, 0.15) is 61.5 Å². The van der Waals surface area contributed by atoms with E-state index >= 15 is 0 Å². The molecular weight excluding hydrogens is 296 g/mol. The molecule has 126 valence electrons. The zero-order valence-corrected chi connectivity index (χ0v) is 14.9. The molecule has 0 heterocycles. The van der Waals surface area contributed by atoms with Crippen molar-refractivity contribution in [3.63, 3.8) is 0 Å². The van der Waals surface area contributed by atoms with Crippen LogP contribution in [0.3, 0.4) is 0 Å². The molecule has 0 saturated heterocycles. The molecule has 0 spiro atoms. The zero-order valence-electron chi connectivity index (χ0n) is 14.9. The van der Waals surface area contributed by atoms with Crippen molar-refractivity contribution in [1.82, 2.24) is 5.43 Å². The SMILES string of the molecule is CC(C)CC(=NNC(=O)c1ccc(C(C)C)cc1)c1ccccc1. The summed E-state index contributed by atoms with van der Waals surface area (Å²) in [5.41, 5.74) is 6.49. The summed E-state index contributed by atoms with van der Waals surface area (Å²) >= 11 is 0. The van der Waals surface area contributed by atoms with Gasteiger partial charge in [-0.25, -0.2) is 5.43 Å². The standard InChI is InChI=1S/C21H26N2O/c1-15(2)14-20(18-8-6-5-7-9-18)22-23-21(24)19-12-10-17(11-13-19)16(3)4/h5-13,15-16H,14H2,1-4H3,(H,23,24). The molecular formula is C21H26N2O. The van der Waals surface area contributed by atoms with Crippen molar-refractivity contribution >= 4 is 11.6 Å². The Bertz CT molecular complexity index is 686. The third-order valence-electron chi connectivity index (χ3n) is 3.84. The Morgan fingerprint density at radius 3 is 2.08 bits per heavy atom. The molecule has 0 fully saturated rings. The smallest absolute Gasteiger partial charge is 0.267 e. The minimum absolute atomic E-state index is 0.178. The average Bonchev–Trinajstić information content (AvgIpc) is 2.59. The van der Waals surface area contributed by atoms with E-state index in [0.29, 0.717) is 17.4 Å². The molecule has 0 aliphatic rings. The van der Waals surface area contributed by atoms with Gasteiger partial charge in [-0.1, -0.05) is 70.2 Å². The first kappa shape index (κ1) is 17.9.